The van der Waals surface area contributed by atoms with Crippen LogP contribution in [-0.2, 0) is 9.59 Å². The monoisotopic (exact) mass is 495 g/mol. The van der Waals surface area contributed by atoms with E-state index in [2.05, 4.69) is 27.7 Å². The smallest absolute Gasteiger partial charge is 0.311 e. The molecule has 0 amide bonds. The molecule has 0 saturated heterocycles. The van der Waals surface area contributed by atoms with Gasteiger partial charge in [0, 0.05) is 6.42 Å². The molecular formula is C27H41FO5P+. The second kappa shape index (κ2) is 11.4. The van der Waals surface area contributed by atoms with Crippen LogP contribution < -0.4 is 0 Å². The van der Waals surface area contributed by atoms with Gasteiger partial charge in [-0.1, -0.05) is 52.2 Å². The van der Waals surface area contributed by atoms with E-state index in [0.717, 1.165) is 44.1 Å². The van der Waals surface area contributed by atoms with Gasteiger partial charge in [-0.2, -0.15) is 0 Å². The van der Waals surface area contributed by atoms with E-state index in [1.165, 1.54) is 17.2 Å². The van der Waals surface area contributed by atoms with Crippen LogP contribution in [0, 0.1) is 23.6 Å². The zero-order valence-corrected chi connectivity index (χ0v) is 22.2. The second-order valence-electron chi connectivity index (χ2n) is 10.1. The van der Waals surface area contributed by atoms with E-state index >= 15 is 0 Å². The minimum absolute atomic E-state index is 0.0460. The zero-order valence-electron chi connectivity index (χ0n) is 21.3. The molecule has 0 aromatic heterocycles. The van der Waals surface area contributed by atoms with Crippen molar-refractivity contribution in [3.63, 3.8) is 0 Å². The lowest BCUT2D eigenvalue weighted by atomic mass is 9.55. The average molecular weight is 496 g/mol. The van der Waals surface area contributed by atoms with E-state index < -0.39 is 32.1 Å². The van der Waals surface area contributed by atoms with Gasteiger partial charge < -0.3 is 5.11 Å². The first-order chi connectivity index (χ1) is 15.9. The number of carbonyl (C=O) groups excluding carboxylic acids is 1. The molecule has 0 spiro atoms. The lowest BCUT2D eigenvalue weighted by Crippen LogP contribution is -2.38. The van der Waals surface area contributed by atoms with E-state index in [-0.39, 0.29) is 22.8 Å². The van der Waals surface area contributed by atoms with Gasteiger partial charge in [0.25, 0.3) is 7.72 Å². The normalized spacial score (nSPS) is 17.6. The molecule has 0 unspecified atom stereocenters. The van der Waals surface area contributed by atoms with Crippen LogP contribution in [0.25, 0.3) is 5.57 Å². The highest BCUT2D eigenvalue weighted by atomic mass is 31.2. The third kappa shape index (κ3) is 6.53. The fraction of sp³-hybridized carbons (Fsp3) is 0.630. The number of carbonyl (C=O) groups is 2. The maximum Gasteiger partial charge on any atom is 0.311 e. The molecule has 0 radical (unpaired) electrons. The van der Waals surface area contributed by atoms with Gasteiger partial charge in [-0.3, -0.25) is 9.59 Å². The molecule has 5 nitrogen and oxygen atoms in total. The number of benzene rings is 1. The van der Waals surface area contributed by atoms with Crippen molar-refractivity contribution in [3.8, 4) is 0 Å². The van der Waals surface area contributed by atoms with E-state index in [1.807, 2.05) is 12.1 Å². The summed E-state index contributed by atoms with van der Waals surface area (Å²) in [7, 11) is -3.59. The number of Topliss-reactive ketones (excluding diaryl/α,β-unsaturated/α-hetero) is 1. The van der Waals surface area contributed by atoms with Crippen molar-refractivity contribution in [2.24, 2.45) is 10.8 Å². The van der Waals surface area contributed by atoms with Gasteiger partial charge in [-0.25, -0.2) is 14.2 Å². The molecule has 1 aliphatic rings. The van der Waals surface area contributed by atoms with Gasteiger partial charge in [-0.05, 0) is 72.3 Å². The topological polar surface area (TPSA) is 94.8 Å². The van der Waals surface area contributed by atoms with E-state index in [0.29, 0.717) is 12.0 Å². The Hall–Kier alpha value is -1.62. The lowest BCUT2D eigenvalue weighted by molar-refractivity contribution is -0.139. The first-order valence-corrected chi connectivity index (χ1v) is 14.5. The largest absolute Gasteiger partial charge is 0.481 e. The number of ketones is 1. The predicted molar refractivity (Wildman–Crippen MR) is 136 cm³/mol. The Morgan fingerprint density at radius 3 is 2.18 bits per heavy atom. The number of hydrogen-bond acceptors (Lipinski definition) is 4. The molecule has 0 fully saturated rings. The van der Waals surface area contributed by atoms with Gasteiger partial charge in [0.2, 0.25) is 0 Å². The summed E-state index contributed by atoms with van der Waals surface area (Å²) in [5.74, 6) is -2.17. The Bertz CT molecular complexity index is 929. The van der Waals surface area contributed by atoms with Crippen LogP contribution in [0.2, 0.25) is 0 Å². The van der Waals surface area contributed by atoms with Gasteiger partial charge in [0.1, 0.15) is 18.4 Å². The maximum atomic E-state index is 14.1. The van der Waals surface area contributed by atoms with Crippen molar-refractivity contribution >= 4 is 25.0 Å². The van der Waals surface area contributed by atoms with Gasteiger partial charge >= 0.3 is 5.97 Å². The first-order valence-electron chi connectivity index (χ1n) is 12.4. The molecule has 1 aliphatic carbocycles. The SMILES string of the molecule is CCC1(CC)CC(c2ccc(F)c(C)c2)=C(CC[P+](O)(O)CC(=O)CC(=O)O)C(CC)(CC)C1. The summed E-state index contributed by atoms with van der Waals surface area (Å²) >= 11 is 0. The summed E-state index contributed by atoms with van der Waals surface area (Å²) in [5.41, 5.74) is 3.91. The fourth-order valence-electron chi connectivity index (χ4n) is 5.77. The Morgan fingerprint density at radius 1 is 1.06 bits per heavy atom. The van der Waals surface area contributed by atoms with Crippen molar-refractivity contribution in [2.45, 2.75) is 86.0 Å². The van der Waals surface area contributed by atoms with Crippen molar-refractivity contribution < 1.29 is 28.9 Å². The fourth-order valence-corrected chi connectivity index (χ4v) is 7.18. The molecule has 1 aromatic rings. The number of allylic oxidation sites excluding steroid dienone is 2. The average Bonchev–Trinajstić information content (AvgIpc) is 2.78. The van der Waals surface area contributed by atoms with Crippen LogP contribution >= 0.6 is 7.72 Å². The minimum Gasteiger partial charge on any atom is -0.481 e. The number of hydrogen-bond donors (Lipinski definition) is 3. The molecular weight excluding hydrogens is 454 g/mol. The molecule has 7 heteroatoms. The van der Waals surface area contributed by atoms with Crippen LogP contribution in [0.1, 0.15) is 90.2 Å². The number of aryl methyl sites for hydroxylation is 1. The van der Waals surface area contributed by atoms with E-state index in [1.54, 1.807) is 6.92 Å². The third-order valence-electron chi connectivity index (χ3n) is 8.13. The lowest BCUT2D eigenvalue weighted by Gasteiger charge is -2.50. The van der Waals surface area contributed by atoms with Crippen LogP contribution in [-0.4, -0.2) is 39.0 Å². The van der Waals surface area contributed by atoms with Gasteiger partial charge in [0.05, 0.1) is 0 Å². The van der Waals surface area contributed by atoms with Crippen LogP contribution in [0.4, 0.5) is 4.39 Å². The predicted octanol–water partition coefficient (Wildman–Crippen LogP) is 6.56. The number of halogens is 1. The minimum atomic E-state index is -3.59. The Kier molecular flexibility index (Phi) is 9.60. The molecule has 0 heterocycles. The molecule has 0 aliphatic heterocycles. The summed E-state index contributed by atoms with van der Waals surface area (Å²) in [4.78, 5) is 44.1. The van der Waals surface area contributed by atoms with Crippen molar-refractivity contribution in [1.29, 1.82) is 0 Å². The van der Waals surface area contributed by atoms with E-state index in [4.69, 9.17) is 5.11 Å². The molecule has 190 valence electrons. The molecule has 1 aromatic carbocycles. The first kappa shape index (κ1) is 28.6. The summed E-state index contributed by atoms with van der Waals surface area (Å²) in [5, 5.41) is 8.84. The quantitative estimate of drug-likeness (QED) is 0.225. The summed E-state index contributed by atoms with van der Waals surface area (Å²) in [6.45, 7) is 10.6. The van der Waals surface area contributed by atoms with Crippen LogP contribution in [0.5, 0.6) is 0 Å². The highest BCUT2D eigenvalue weighted by molar-refractivity contribution is 7.65. The Morgan fingerprint density at radius 2 is 1.68 bits per heavy atom. The molecule has 0 saturated carbocycles. The summed E-state index contributed by atoms with van der Waals surface area (Å²) in [6.07, 6.45) is 5.01. The number of carboxylic acid groups (broad SMARTS) is 1. The van der Waals surface area contributed by atoms with Gasteiger partial charge in [0.15, 0.2) is 11.9 Å². The number of aliphatic carboxylic acids is 1. The summed E-state index contributed by atoms with van der Waals surface area (Å²) < 4.78 is 14.1. The van der Waals surface area contributed by atoms with Gasteiger partial charge in [-0.15, -0.1) is 0 Å². The molecule has 3 N–H and O–H groups in total. The highest BCUT2D eigenvalue weighted by Gasteiger charge is 2.47. The second-order valence-corrected chi connectivity index (χ2v) is 12.6. The van der Waals surface area contributed by atoms with Crippen LogP contribution in [0.3, 0.4) is 0 Å². The van der Waals surface area contributed by atoms with Crippen molar-refractivity contribution in [1.82, 2.24) is 0 Å². The standard InChI is InChI=1S/C27H40FO5P/c1-6-26(7-2)16-22(20-10-11-24(28)19(5)14-20)23(27(8-3,9-4)18-26)12-13-34(32,33)17-21(29)15-25(30)31/h10-11,14,32-33H,6-9,12-13,15-18H2,1-5H3/p+1. The van der Waals surface area contributed by atoms with Crippen LogP contribution in [0.15, 0.2) is 23.8 Å². The number of carboxylic acids is 1. The molecule has 0 bridgehead atoms. The third-order valence-corrected chi connectivity index (χ3v) is 9.93. The Balaban J connectivity index is 2.56. The van der Waals surface area contributed by atoms with Crippen molar-refractivity contribution in [3.05, 3.63) is 40.7 Å². The molecule has 34 heavy (non-hydrogen) atoms. The van der Waals surface area contributed by atoms with Crippen molar-refractivity contribution in [2.75, 3.05) is 12.3 Å². The zero-order chi connectivity index (χ0) is 25.7. The number of rotatable bonds is 12. The maximum absolute atomic E-state index is 14.1. The molecule has 2 rings (SSSR count). The molecule has 0 atom stereocenters. The van der Waals surface area contributed by atoms with E-state index in [9.17, 15) is 23.8 Å². The summed E-state index contributed by atoms with van der Waals surface area (Å²) in [6, 6.07) is 5.22. The Labute approximate surface area is 204 Å². The highest BCUT2D eigenvalue weighted by Crippen LogP contribution is 2.60.